The monoisotopic (exact) mass is 497 g/mol. The van der Waals surface area contributed by atoms with E-state index in [4.69, 9.17) is 9.47 Å². The van der Waals surface area contributed by atoms with Crippen LogP contribution in [0.3, 0.4) is 0 Å². The maximum atomic E-state index is 13.3. The van der Waals surface area contributed by atoms with Crippen LogP contribution in [0.1, 0.15) is 25.3 Å². The average molecular weight is 498 g/mol. The van der Waals surface area contributed by atoms with Crippen LogP contribution >= 0.6 is 11.3 Å². The highest BCUT2D eigenvalue weighted by Gasteiger charge is 2.55. The first-order chi connectivity index (χ1) is 15.7. The number of carbonyl (C=O) groups is 1. The van der Waals surface area contributed by atoms with Crippen LogP contribution < -0.4 is 10.0 Å². The molecular formula is C21H24FN3O6S2. The number of rotatable bonds is 9. The van der Waals surface area contributed by atoms with E-state index < -0.39 is 32.6 Å². The van der Waals surface area contributed by atoms with E-state index in [1.54, 1.807) is 13.0 Å². The number of aliphatic hydroxyl groups is 1. The van der Waals surface area contributed by atoms with E-state index in [-0.39, 0.29) is 22.7 Å². The molecule has 0 bridgehead atoms. The Bertz CT molecular complexity index is 1150. The lowest BCUT2D eigenvalue weighted by atomic mass is 9.92. The normalized spacial score (nSPS) is 21.8. The van der Waals surface area contributed by atoms with Crippen LogP contribution in [0.25, 0.3) is 0 Å². The number of sulfonamides is 1. The second kappa shape index (κ2) is 9.47. The van der Waals surface area contributed by atoms with E-state index in [2.05, 4.69) is 15.0 Å². The minimum Gasteiger partial charge on any atom is -0.491 e. The van der Waals surface area contributed by atoms with Crippen LogP contribution in [0, 0.1) is 5.13 Å². The Morgan fingerprint density at radius 1 is 1.36 bits per heavy atom. The van der Waals surface area contributed by atoms with E-state index in [9.17, 15) is 22.7 Å². The van der Waals surface area contributed by atoms with Gasteiger partial charge in [-0.15, -0.1) is 0 Å². The van der Waals surface area contributed by atoms with Crippen molar-refractivity contribution < 1.29 is 32.2 Å². The summed E-state index contributed by atoms with van der Waals surface area (Å²) in [5.74, 6) is -0.206. The first-order valence-corrected chi connectivity index (χ1v) is 12.7. The molecule has 3 N–H and O–H groups in total. The summed E-state index contributed by atoms with van der Waals surface area (Å²) in [7, 11) is -3.74. The Morgan fingerprint density at radius 2 is 2.06 bits per heavy atom. The van der Waals surface area contributed by atoms with Crippen molar-refractivity contribution in [1.82, 2.24) is 9.71 Å². The van der Waals surface area contributed by atoms with Gasteiger partial charge in [-0.25, -0.2) is 18.1 Å². The number of halogens is 1. The van der Waals surface area contributed by atoms with E-state index in [0.717, 1.165) is 6.20 Å². The number of benzene rings is 1. The number of hydrogen-bond acceptors (Lipinski definition) is 8. The summed E-state index contributed by atoms with van der Waals surface area (Å²) in [6.07, 6.45) is 3.23. The van der Waals surface area contributed by atoms with Gasteiger partial charge in [0, 0.05) is 19.3 Å². The van der Waals surface area contributed by atoms with Crippen molar-refractivity contribution in [1.29, 1.82) is 0 Å². The third-order valence-electron chi connectivity index (χ3n) is 5.46. The first kappa shape index (κ1) is 23.8. The van der Waals surface area contributed by atoms with Crippen molar-refractivity contribution in [2.75, 3.05) is 25.1 Å². The summed E-state index contributed by atoms with van der Waals surface area (Å²) < 4.78 is 52.4. The molecule has 2 atom stereocenters. The van der Waals surface area contributed by atoms with Gasteiger partial charge in [-0.1, -0.05) is 23.5 Å². The maximum Gasteiger partial charge on any atom is 0.248 e. The van der Waals surface area contributed by atoms with Gasteiger partial charge >= 0.3 is 0 Å². The van der Waals surface area contributed by atoms with E-state index >= 15 is 0 Å². The second-order valence-corrected chi connectivity index (χ2v) is 10.6. The van der Waals surface area contributed by atoms with Crippen LogP contribution in [0.5, 0.6) is 0 Å². The Kier molecular flexibility index (Phi) is 6.82. The van der Waals surface area contributed by atoms with Gasteiger partial charge in [0.05, 0.1) is 17.7 Å². The van der Waals surface area contributed by atoms with Gasteiger partial charge in [-0.2, -0.15) is 4.39 Å². The van der Waals surface area contributed by atoms with Crippen LogP contribution in [0.4, 0.5) is 9.52 Å². The van der Waals surface area contributed by atoms with Gasteiger partial charge in [-0.05, 0) is 43.5 Å². The average Bonchev–Trinajstić information content (AvgIpc) is 3.38. The summed E-state index contributed by atoms with van der Waals surface area (Å²) in [6, 6.07) is 5.74. The third-order valence-corrected chi connectivity index (χ3v) is 7.69. The lowest BCUT2D eigenvalue weighted by Crippen LogP contribution is -2.38. The van der Waals surface area contributed by atoms with Crippen molar-refractivity contribution in [3.05, 3.63) is 53.0 Å². The molecule has 1 unspecified atom stereocenters. The Labute approximate surface area is 194 Å². The number of aliphatic hydroxyl groups excluding tert-OH is 1. The molecule has 2 aromatic rings. The number of anilines is 1. The zero-order valence-corrected chi connectivity index (χ0v) is 19.4. The molecule has 1 amide bonds. The smallest absolute Gasteiger partial charge is 0.248 e. The van der Waals surface area contributed by atoms with Crippen molar-refractivity contribution in [3.8, 4) is 0 Å². The highest BCUT2D eigenvalue weighted by molar-refractivity contribution is 7.89. The SMILES string of the molecule is C[C@H](CO)OC1=CC1(C(=O)Nc1ncc(F)s1)c1ccc(S(=O)(=O)NC2CCOCC2)cc1. The molecular weight excluding hydrogens is 473 g/mol. The number of carbonyl (C=O) groups excluding carboxylic acids is 1. The number of ether oxygens (including phenoxy) is 2. The van der Waals surface area contributed by atoms with Crippen molar-refractivity contribution in [2.45, 2.75) is 42.2 Å². The fourth-order valence-corrected chi connectivity index (χ4v) is 5.43. The molecule has 1 aliphatic heterocycles. The molecule has 12 heteroatoms. The first-order valence-electron chi connectivity index (χ1n) is 10.4. The van der Waals surface area contributed by atoms with Crippen LogP contribution in [-0.2, 0) is 29.7 Å². The van der Waals surface area contributed by atoms with E-state index in [1.807, 2.05) is 0 Å². The van der Waals surface area contributed by atoms with Gasteiger partial charge in [0.2, 0.25) is 15.9 Å². The van der Waals surface area contributed by atoms with Gasteiger partial charge in [0.15, 0.2) is 15.7 Å². The summed E-state index contributed by atoms with van der Waals surface area (Å²) in [5, 5.41) is 11.4. The van der Waals surface area contributed by atoms with Crippen LogP contribution in [0.2, 0.25) is 0 Å². The zero-order chi connectivity index (χ0) is 23.6. The predicted octanol–water partition coefficient (Wildman–Crippen LogP) is 1.91. The molecule has 0 saturated carbocycles. The molecule has 178 valence electrons. The molecule has 1 fully saturated rings. The minimum absolute atomic E-state index is 0.0714. The molecule has 1 aliphatic carbocycles. The summed E-state index contributed by atoms with van der Waals surface area (Å²) in [5.41, 5.74) is -0.829. The lowest BCUT2D eigenvalue weighted by Gasteiger charge is -2.23. The quantitative estimate of drug-likeness (QED) is 0.483. The Balaban J connectivity index is 1.55. The molecule has 1 aromatic heterocycles. The van der Waals surface area contributed by atoms with Crippen molar-refractivity contribution in [3.63, 3.8) is 0 Å². The molecule has 0 spiro atoms. The molecule has 4 rings (SSSR count). The van der Waals surface area contributed by atoms with Gasteiger partial charge in [-0.3, -0.25) is 4.79 Å². The van der Waals surface area contributed by atoms with Gasteiger partial charge in [0.25, 0.3) is 0 Å². The molecule has 1 saturated heterocycles. The second-order valence-electron chi connectivity index (χ2n) is 7.88. The summed E-state index contributed by atoms with van der Waals surface area (Å²) in [4.78, 5) is 17.0. The molecule has 1 aromatic carbocycles. The number of hydrogen-bond donors (Lipinski definition) is 3. The van der Waals surface area contributed by atoms with Gasteiger partial charge < -0.3 is 19.9 Å². The van der Waals surface area contributed by atoms with Crippen LogP contribution in [0.15, 0.2) is 47.2 Å². The van der Waals surface area contributed by atoms with Gasteiger partial charge in [0.1, 0.15) is 11.9 Å². The summed E-state index contributed by atoms with van der Waals surface area (Å²) >= 11 is 0.687. The Hall–Kier alpha value is -2.38. The number of nitrogens with one attached hydrogen (secondary N) is 2. The number of thiazole rings is 1. The molecule has 2 aliphatic rings. The standard InChI is InChI=1S/C21H24FN3O6S2/c1-13(12-26)31-17-10-21(17,19(27)24-20-23-11-18(22)32-20)14-2-4-16(5-3-14)33(28,29)25-15-6-8-30-9-7-15/h2-5,10-11,13,15,25-26H,6-9,12H2,1H3,(H,23,24,27)/t13-,21?/m1/s1. The van der Waals surface area contributed by atoms with Crippen molar-refractivity contribution in [2.24, 2.45) is 0 Å². The molecule has 2 heterocycles. The van der Waals surface area contributed by atoms with Crippen LogP contribution in [-0.4, -0.2) is 56.4 Å². The third kappa shape index (κ3) is 5.09. The molecule has 33 heavy (non-hydrogen) atoms. The predicted molar refractivity (Wildman–Crippen MR) is 119 cm³/mol. The van der Waals surface area contributed by atoms with E-state index in [0.29, 0.717) is 48.7 Å². The lowest BCUT2D eigenvalue weighted by molar-refractivity contribution is -0.118. The highest BCUT2D eigenvalue weighted by Crippen LogP contribution is 2.49. The topological polar surface area (TPSA) is 127 Å². The number of amides is 1. The largest absolute Gasteiger partial charge is 0.491 e. The van der Waals surface area contributed by atoms with E-state index in [1.165, 1.54) is 24.3 Å². The zero-order valence-electron chi connectivity index (χ0n) is 17.8. The van der Waals surface area contributed by atoms with Crippen molar-refractivity contribution >= 4 is 32.4 Å². The summed E-state index contributed by atoms with van der Waals surface area (Å²) in [6.45, 7) is 2.42. The Morgan fingerprint density at radius 3 is 2.67 bits per heavy atom. The number of aromatic nitrogens is 1. The minimum atomic E-state index is -3.74. The molecule has 0 radical (unpaired) electrons. The highest BCUT2D eigenvalue weighted by atomic mass is 32.2. The fourth-order valence-electron chi connectivity index (χ4n) is 3.58. The molecule has 9 nitrogen and oxygen atoms in total. The fraction of sp³-hybridized carbons (Fsp3) is 0.429. The maximum absolute atomic E-state index is 13.3. The number of nitrogens with zero attached hydrogens (tertiary/aromatic N) is 1.